The Morgan fingerprint density at radius 3 is 2.46 bits per heavy atom. The van der Waals surface area contributed by atoms with E-state index in [9.17, 15) is 4.79 Å². The van der Waals surface area contributed by atoms with Gasteiger partial charge in [0.25, 0.3) is 0 Å². The number of aromatic nitrogens is 2. The maximum atomic E-state index is 12.5. The summed E-state index contributed by atoms with van der Waals surface area (Å²) in [6.45, 7) is 6.81. The summed E-state index contributed by atoms with van der Waals surface area (Å²) in [6, 6.07) is 12.6. The number of nitrogens with one attached hydrogen (secondary N) is 1. The molecule has 7 nitrogen and oxygen atoms in total. The quantitative estimate of drug-likeness (QED) is 0.806. The summed E-state index contributed by atoms with van der Waals surface area (Å²) in [6.07, 6.45) is 4.56. The Labute approximate surface area is 166 Å². The van der Waals surface area contributed by atoms with Gasteiger partial charge in [0.15, 0.2) is 0 Å². The van der Waals surface area contributed by atoms with Gasteiger partial charge in [0.05, 0.1) is 6.54 Å². The molecule has 1 atom stereocenters. The van der Waals surface area contributed by atoms with E-state index in [1.54, 1.807) is 12.4 Å². The number of carbonyl (C=O) groups is 1. The van der Waals surface area contributed by atoms with Crippen LogP contribution in [0.3, 0.4) is 0 Å². The number of rotatable bonds is 6. The first kappa shape index (κ1) is 18.8. The Morgan fingerprint density at radius 2 is 1.71 bits per heavy atom. The van der Waals surface area contributed by atoms with Gasteiger partial charge in [-0.15, -0.1) is 0 Å². The van der Waals surface area contributed by atoms with E-state index < -0.39 is 0 Å². The van der Waals surface area contributed by atoms with Gasteiger partial charge in [-0.05, 0) is 18.1 Å². The Bertz CT molecular complexity index is 742. The standard InChI is InChI=1S/C21H28N6O/c28-20(17-25-11-13-27(14-12-25)21-22-8-4-9-23-21)24-19-7-10-26(16-19)15-18-5-2-1-3-6-18/h1-6,8-9,19H,7,10-17H2,(H,24,28). The number of likely N-dealkylation sites (tertiary alicyclic amines) is 1. The SMILES string of the molecule is O=C(CN1CCN(c2ncccn2)CC1)NC1CCN(Cc2ccccc2)C1. The predicted molar refractivity (Wildman–Crippen MR) is 109 cm³/mol. The first-order valence-corrected chi connectivity index (χ1v) is 10.1. The van der Waals surface area contributed by atoms with Gasteiger partial charge >= 0.3 is 0 Å². The van der Waals surface area contributed by atoms with Crippen LogP contribution in [-0.2, 0) is 11.3 Å². The van der Waals surface area contributed by atoms with Crippen LogP contribution in [0.1, 0.15) is 12.0 Å². The van der Waals surface area contributed by atoms with Crippen molar-refractivity contribution in [3.63, 3.8) is 0 Å². The van der Waals surface area contributed by atoms with E-state index in [1.807, 2.05) is 12.1 Å². The smallest absolute Gasteiger partial charge is 0.234 e. The molecule has 1 aromatic heterocycles. The lowest BCUT2D eigenvalue weighted by atomic mass is 10.2. The largest absolute Gasteiger partial charge is 0.351 e. The van der Waals surface area contributed by atoms with Crippen LogP contribution in [0.15, 0.2) is 48.8 Å². The number of anilines is 1. The molecule has 2 aliphatic heterocycles. The number of amides is 1. The van der Waals surface area contributed by atoms with Crippen LogP contribution < -0.4 is 10.2 Å². The number of hydrogen-bond acceptors (Lipinski definition) is 6. The third-order valence-electron chi connectivity index (χ3n) is 5.46. The molecule has 4 rings (SSSR count). The number of piperazine rings is 1. The van der Waals surface area contributed by atoms with Gasteiger partial charge in [-0.1, -0.05) is 30.3 Å². The number of hydrogen-bond donors (Lipinski definition) is 1. The number of nitrogens with zero attached hydrogens (tertiary/aromatic N) is 5. The van der Waals surface area contributed by atoms with Crippen molar-refractivity contribution in [3.8, 4) is 0 Å². The molecular formula is C21H28N6O. The van der Waals surface area contributed by atoms with Gasteiger partial charge < -0.3 is 10.2 Å². The molecule has 2 aliphatic rings. The average molecular weight is 380 g/mol. The van der Waals surface area contributed by atoms with Crippen LogP contribution in [0.2, 0.25) is 0 Å². The lowest BCUT2D eigenvalue weighted by molar-refractivity contribution is -0.122. The molecule has 2 aromatic rings. The first-order valence-electron chi connectivity index (χ1n) is 10.1. The fourth-order valence-corrected chi connectivity index (χ4v) is 3.97. The fourth-order valence-electron chi connectivity index (χ4n) is 3.97. The molecule has 148 valence electrons. The molecule has 0 spiro atoms. The highest BCUT2D eigenvalue weighted by Crippen LogP contribution is 2.14. The first-order chi connectivity index (χ1) is 13.8. The third-order valence-corrected chi connectivity index (χ3v) is 5.46. The second kappa shape index (κ2) is 9.12. The maximum Gasteiger partial charge on any atom is 0.234 e. The minimum atomic E-state index is 0.135. The van der Waals surface area contributed by atoms with Gasteiger partial charge in [-0.25, -0.2) is 9.97 Å². The zero-order chi connectivity index (χ0) is 19.2. The summed E-state index contributed by atoms with van der Waals surface area (Å²) in [4.78, 5) is 27.9. The molecular weight excluding hydrogens is 352 g/mol. The number of carbonyl (C=O) groups excluding carboxylic acids is 1. The Morgan fingerprint density at radius 1 is 0.964 bits per heavy atom. The molecule has 2 saturated heterocycles. The van der Waals surface area contributed by atoms with Crippen molar-refractivity contribution in [2.24, 2.45) is 0 Å². The molecule has 1 amide bonds. The molecule has 1 aromatic carbocycles. The van der Waals surface area contributed by atoms with Crippen molar-refractivity contribution in [2.45, 2.75) is 19.0 Å². The van der Waals surface area contributed by atoms with Crippen LogP contribution in [0.5, 0.6) is 0 Å². The topological polar surface area (TPSA) is 64.6 Å². The monoisotopic (exact) mass is 380 g/mol. The van der Waals surface area contributed by atoms with Crippen molar-refractivity contribution in [2.75, 3.05) is 50.7 Å². The van der Waals surface area contributed by atoms with E-state index >= 15 is 0 Å². The summed E-state index contributed by atoms with van der Waals surface area (Å²) in [5.41, 5.74) is 1.33. The molecule has 1 N–H and O–H groups in total. The summed E-state index contributed by atoms with van der Waals surface area (Å²) < 4.78 is 0. The van der Waals surface area contributed by atoms with E-state index in [-0.39, 0.29) is 11.9 Å². The summed E-state index contributed by atoms with van der Waals surface area (Å²) in [5, 5.41) is 3.22. The minimum absolute atomic E-state index is 0.135. The van der Waals surface area contributed by atoms with Crippen molar-refractivity contribution in [1.29, 1.82) is 0 Å². The van der Waals surface area contributed by atoms with Gasteiger partial charge in [0.1, 0.15) is 0 Å². The molecule has 7 heteroatoms. The highest BCUT2D eigenvalue weighted by molar-refractivity contribution is 5.78. The zero-order valence-electron chi connectivity index (χ0n) is 16.2. The van der Waals surface area contributed by atoms with Crippen LogP contribution in [-0.4, -0.2) is 77.5 Å². The minimum Gasteiger partial charge on any atom is -0.351 e. The summed E-state index contributed by atoms with van der Waals surface area (Å²) >= 11 is 0. The Kier molecular flexibility index (Phi) is 6.14. The molecule has 28 heavy (non-hydrogen) atoms. The van der Waals surface area contributed by atoms with Crippen molar-refractivity contribution in [1.82, 2.24) is 25.1 Å². The van der Waals surface area contributed by atoms with E-state index in [0.29, 0.717) is 6.54 Å². The van der Waals surface area contributed by atoms with Crippen LogP contribution in [0.4, 0.5) is 5.95 Å². The van der Waals surface area contributed by atoms with Crippen LogP contribution in [0.25, 0.3) is 0 Å². The molecule has 0 bridgehead atoms. The third kappa shape index (κ3) is 5.05. The fraction of sp³-hybridized carbons (Fsp3) is 0.476. The molecule has 0 saturated carbocycles. The van der Waals surface area contributed by atoms with E-state index in [2.05, 4.69) is 54.2 Å². The lowest BCUT2D eigenvalue weighted by Crippen LogP contribution is -2.51. The van der Waals surface area contributed by atoms with Crippen LogP contribution >= 0.6 is 0 Å². The van der Waals surface area contributed by atoms with Crippen molar-refractivity contribution in [3.05, 3.63) is 54.4 Å². The maximum absolute atomic E-state index is 12.5. The predicted octanol–water partition coefficient (Wildman–Crippen LogP) is 0.989. The Hall–Kier alpha value is -2.51. The highest BCUT2D eigenvalue weighted by Gasteiger charge is 2.25. The second-order valence-electron chi connectivity index (χ2n) is 7.59. The normalized spacial score (nSPS) is 21.0. The molecule has 0 radical (unpaired) electrons. The molecule has 1 unspecified atom stereocenters. The van der Waals surface area contributed by atoms with E-state index in [0.717, 1.165) is 58.2 Å². The molecule has 0 aliphatic carbocycles. The van der Waals surface area contributed by atoms with Crippen molar-refractivity contribution >= 4 is 11.9 Å². The van der Waals surface area contributed by atoms with Gasteiger partial charge in [0.2, 0.25) is 11.9 Å². The van der Waals surface area contributed by atoms with E-state index in [1.165, 1.54) is 5.56 Å². The van der Waals surface area contributed by atoms with Gasteiger partial charge in [0, 0.05) is 64.2 Å². The second-order valence-corrected chi connectivity index (χ2v) is 7.59. The molecule has 3 heterocycles. The van der Waals surface area contributed by atoms with Gasteiger partial charge in [-0.3, -0.25) is 14.6 Å². The van der Waals surface area contributed by atoms with Crippen molar-refractivity contribution < 1.29 is 4.79 Å². The average Bonchev–Trinajstić information content (AvgIpc) is 3.16. The highest BCUT2D eigenvalue weighted by atomic mass is 16.2. The summed E-state index contributed by atoms with van der Waals surface area (Å²) in [7, 11) is 0. The molecule has 2 fully saturated rings. The van der Waals surface area contributed by atoms with E-state index in [4.69, 9.17) is 0 Å². The van der Waals surface area contributed by atoms with Gasteiger partial charge in [-0.2, -0.15) is 0 Å². The summed E-state index contributed by atoms with van der Waals surface area (Å²) in [5.74, 6) is 0.909. The lowest BCUT2D eigenvalue weighted by Gasteiger charge is -2.34. The zero-order valence-corrected chi connectivity index (χ0v) is 16.2. The Balaban J connectivity index is 1.17. The number of benzene rings is 1. The van der Waals surface area contributed by atoms with Crippen LogP contribution in [0, 0.1) is 0 Å².